The van der Waals surface area contributed by atoms with Crippen molar-refractivity contribution in [3.63, 3.8) is 0 Å². The van der Waals surface area contributed by atoms with E-state index in [1.165, 1.54) is 37.7 Å². The Morgan fingerprint density at radius 2 is 1.81 bits per heavy atom. The van der Waals surface area contributed by atoms with Crippen molar-refractivity contribution in [2.24, 2.45) is 0 Å². The van der Waals surface area contributed by atoms with Gasteiger partial charge in [-0.25, -0.2) is 4.98 Å². The van der Waals surface area contributed by atoms with Crippen LogP contribution in [0.2, 0.25) is 0 Å². The molecule has 1 aliphatic heterocycles. The lowest BCUT2D eigenvalue weighted by Crippen LogP contribution is -2.23. The molecular formula is C15H19N5O. The predicted molar refractivity (Wildman–Crippen MR) is 81.5 cm³/mol. The number of nitrogens with one attached hydrogen (secondary N) is 2. The van der Waals surface area contributed by atoms with E-state index < -0.39 is 0 Å². The van der Waals surface area contributed by atoms with E-state index >= 15 is 0 Å². The van der Waals surface area contributed by atoms with Crippen LogP contribution < -0.4 is 10.2 Å². The molecule has 0 bridgehead atoms. The average Bonchev–Trinajstić information content (AvgIpc) is 2.91. The molecule has 110 valence electrons. The zero-order chi connectivity index (χ0) is 14.5. The summed E-state index contributed by atoms with van der Waals surface area (Å²) in [6, 6.07) is 7.96. The summed E-state index contributed by atoms with van der Waals surface area (Å²) in [5.41, 5.74) is 1.98. The van der Waals surface area contributed by atoms with Crippen LogP contribution in [0.4, 0.5) is 11.4 Å². The first-order chi connectivity index (χ1) is 10.3. The van der Waals surface area contributed by atoms with Crippen LogP contribution in [-0.4, -0.2) is 34.2 Å². The van der Waals surface area contributed by atoms with Gasteiger partial charge in [-0.3, -0.25) is 9.89 Å². The van der Waals surface area contributed by atoms with Gasteiger partial charge in [0.2, 0.25) is 5.82 Å². The Bertz CT molecular complexity index is 571. The molecule has 1 fully saturated rings. The van der Waals surface area contributed by atoms with Gasteiger partial charge in [-0.1, -0.05) is 12.8 Å². The van der Waals surface area contributed by atoms with E-state index in [9.17, 15) is 4.79 Å². The standard InChI is InChI=1S/C15H19N5O/c21-15(14-16-11-17-19-14)18-12-5-7-13(8-6-12)20-9-3-1-2-4-10-20/h5-8,11H,1-4,9-10H2,(H,18,21)(H,16,17,19). The van der Waals surface area contributed by atoms with Crippen molar-refractivity contribution in [3.8, 4) is 0 Å². The Labute approximate surface area is 123 Å². The molecule has 1 aromatic heterocycles. The summed E-state index contributed by atoms with van der Waals surface area (Å²) in [7, 11) is 0. The fourth-order valence-corrected chi connectivity index (χ4v) is 2.59. The third kappa shape index (κ3) is 3.39. The first-order valence-corrected chi connectivity index (χ1v) is 7.35. The summed E-state index contributed by atoms with van der Waals surface area (Å²) in [5.74, 6) is -0.0679. The highest BCUT2D eigenvalue weighted by molar-refractivity contribution is 6.01. The molecule has 1 aliphatic rings. The summed E-state index contributed by atoms with van der Waals surface area (Å²) in [4.78, 5) is 18.1. The second kappa shape index (κ2) is 6.39. The predicted octanol–water partition coefficient (Wildman–Crippen LogP) is 2.44. The summed E-state index contributed by atoms with van der Waals surface area (Å²) >= 11 is 0. The Hall–Kier alpha value is -2.37. The van der Waals surface area contributed by atoms with Crippen molar-refractivity contribution in [2.75, 3.05) is 23.3 Å². The minimum atomic E-state index is -0.282. The van der Waals surface area contributed by atoms with Gasteiger partial charge >= 0.3 is 0 Å². The SMILES string of the molecule is O=C(Nc1ccc(N2CCCCCC2)cc1)c1ncn[nH]1. The largest absolute Gasteiger partial charge is 0.372 e. The summed E-state index contributed by atoms with van der Waals surface area (Å²) in [6.07, 6.45) is 6.47. The number of hydrogen-bond acceptors (Lipinski definition) is 4. The molecule has 1 saturated heterocycles. The Morgan fingerprint density at radius 3 is 2.43 bits per heavy atom. The monoisotopic (exact) mass is 285 g/mol. The number of carbonyl (C=O) groups excluding carboxylic acids is 1. The number of nitrogens with zero attached hydrogens (tertiary/aromatic N) is 3. The van der Waals surface area contributed by atoms with Crippen LogP contribution in [-0.2, 0) is 0 Å². The van der Waals surface area contributed by atoms with Gasteiger partial charge in [0, 0.05) is 24.5 Å². The molecule has 0 radical (unpaired) electrons. The Morgan fingerprint density at radius 1 is 1.10 bits per heavy atom. The Kier molecular flexibility index (Phi) is 4.14. The van der Waals surface area contributed by atoms with Crippen LogP contribution in [0, 0.1) is 0 Å². The third-order valence-corrected chi connectivity index (χ3v) is 3.73. The number of benzene rings is 1. The minimum Gasteiger partial charge on any atom is -0.372 e. The summed E-state index contributed by atoms with van der Waals surface area (Å²) in [5, 5.41) is 9.01. The first-order valence-electron chi connectivity index (χ1n) is 7.35. The average molecular weight is 285 g/mol. The smallest absolute Gasteiger partial charge is 0.292 e. The van der Waals surface area contributed by atoms with Crippen molar-refractivity contribution in [2.45, 2.75) is 25.7 Å². The van der Waals surface area contributed by atoms with E-state index in [1.54, 1.807) is 0 Å². The normalized spacial score (nSPS) is 15.5. The van der Waals surface area contributed by atoms with Crippen LogP contribution in [0.25, 0.3) is 0 Å². The van der Waals surface area contributed by atoms with E-state index in [1.807, 2.05) is 12.1 Å². The number of amides is 1. The van der Waals surface area contributed by atoms with Crippen molar-refractivity contribution in [1.29, 1.82) is 0 Å². The number of H-pyrrole nitrogens is 1. The fraction of sp³-hybridized carbons (Fsp3) is 0.400. The van der Waals surface area contributed by atoms with Crippen LogP contribution >= 0.6 is 0 Å². The number of carbonyl (C=O) groups is 1. The maximum atomic E-state index is 11.9. The van der Waals surface area contributed by atoms with Gasteiger partial charge in [-0.15, -0.1) is 0 Å². The van der Waals surface area contributed by atoms with Gasteiger partial charge in [-0.05, 0) is 37.1 Å². The van der Waals surface area contributed by atoms with Crippen molar-refractivity contribution in [1.82, 2.24) is 15.2 Å². The first kappa shape index (κ1) is 13.6. The lowest BCUT2D eigenvalue weighted by Gasteiger charge is -2.22. The fourth-order valence-electron chi connectivity index (χ4n) is 2.59. The molecule has 3 rings (SSSR count). The molecule has 2 N–H and O–H groups in total. The van der Waals surface area contributed by atoms with Gasteiger partial charge in [0.1, 0.15) is 6.33 Å². The molecule has 0 saturated carbocycles. The van der Waals surface area contributed by atoms with Crippen LogP contribution in [0.1, 0.15) is 36.3 Å². The number of anilines is 2. The molecule has 0 unspecified atom stereocenters. The highest BCUT2D eigenvalue weighted by Crippen LogP contribution is 2.21. The van der Waals surface area contributed by atoms with E-state index in [-0.39, 0.29) is 11.7 Å². The minimum absolute atomic E-state index is 0.214. The van der Waals surface area contributed by atoms with Crippen LogP contribution in [0.15, 0.2) is 30.6 Å². The van der Waals surface area contributed by atoms with Crippen molar-refractivity contribution in [3.05, 3.63) is 36.4 Å². The zero-order valence-corrected chi connectivity index (χ0v) is 11.9. The number of hydrogen-bond donors (Lipinski definition) is 2. The number of aromatic amines is 1. The highest BCUT2D eigenvalue weighted by atomic mass is 16.2. The number of rotatable bonds is 3. The van der Waals surface area contributed by atoms with Crippen LogP contribution in [0.5, 0.6) is 0 Å². The van der Waals surface area contributed by atoms with E-state index in [0.717, 1.165) is 18.8 Å². The third-order valence-electron chi connectivity index (χ3n) is 3.73. The molecule has 1 aromatic carbocycles. The number of aromatic nitrogens is 3. The molecule has 0 atom stereocenters. The highest BCUT2D eigenvalue weighted by Gasteiger charge is 2.11. The molecule has 6 nitrogen and oxygen atoms in total. The summed E-state index contributed by atoms with van der Waals surface area (Å²) < 4.78 is 0. The van der Waals surface area contributed by atoms with Gasteiger partial charge in [0.25, 0.3) is 5.91 Å². The topological polar surface area (TPSA) is 73.9 Å². The maximum absolute atomic E-state index is 11.9. The van der Waals surface area contributed by atoms with Crippen molar-refractivity contribution < 1.29 is 4.79 Å². The molecule has 6 heteroatoms. The maximum Gasteiger partial charge on any atom is 0.292 e. The second-order valence-electron chi connectivity index (χ2n) is 5.24. The molecule has 2 aromatic rings. The van der Waals surface area contributed by atoms with Gasteiger partial charge in [-0.2, -0.15) is 5.10 Å². The van der Waals surface area contributed by atoms with Gasteiger partial charge < -0.3 is 10.2 Å². The second-order valence-corrected chi connectivity index (χ2v) is 5.24. The van der Waals surface area contributed by atoms with E-state index in [2.05, 4.69) is 37.5 Å². The lowest BCUT2D eigenvalue weighted by molar-refractivity contribution is 0.101. The van der Waals surface area contributed by atoms with E-state index in [4.69, 9.17) is 0 Å². The molecule has 0 aliphatic carbocycles. The lowest BCUT2D eigenvalue weighted by atomic mass is 10.2. The van der Waals surface area contributed by atoms with Crippen molar-refractivity contribution >= 4 is 17.3 Å². The molecule has 0 spiro atoms. The quantitative estimate of drug-likeness (QED) is 0.908. The molecule has 2 heterocycles. The van der Waals surface area contributed by atoms with Crippen LogP contribution in [0.3, 0.4) is 0 Å². The summed E-state index contributed by atoms with van der Waals surface area (Å²) in [6.45, 7) is 2.23. The zero-order valence-electron chi connectivity index (χ0n) is 11.9. The molecular weight excluding hydrogens is 266 g/mol. The Balaban J connectivity index is 1.65. The van der Waals surface area contributed by atoms with Gasteiger partial charge in [0.15, 0.2) is 0 Å². The van der Waals surface area contributed by atoms with Gasteiger partial charge in [0.05, 0.1) is 0 Å². The molecule has 21 heavy (non-hydrogen) atoms. The molecule has 1 amide bonds. The van der Waals surface area contributed by atoms with E-state index in [0.29, 0.717) is 0 Å².